The van der Waals surface area contributed by atoms with Gasteiger partial charge in [0.2, 0.25) is 0 Å². The van der Waals surface area contributed by atoms with Crippen LogP contribution in [-0.2, 0) is 0 Å². The number of benzene rings is 2. The Bertz CT molecular complexity index is 1860. The van der Waals surface area contributed by atoms with E-state index in [2.05, 4.69) is 47.4 Å². The van der Waals surface area contributed by atoms with E-state index in [1.807, 2.05) is 60.7 Å². The van der Waals surface area contributed by atoms with Crippen molar-refractivity contribution >= 4 is 43.9 Å². The minimum atomic E-state index is -1.15. The van der Waals surface area contributed by atoms with Crippen molar-refractivity contribution in [3.05, 3.63) is 120 Å². The number of rotatable bonds is 2. The van der Waals surface area contributed by atoms with E-state index in [9.17, 15) is 10.2 Å². The second-order valence-electron chi connectivity index (χ2n) is 9.37. The number of aromatic nitrogens is 3. The first-order valence-corrected chi connectivity index (χ1v) is 13.3. The third-order valence-electron chi connectivity index (χ3n) is 6.88. The second kappa shape index (κ2) is 9.19. The molecular weight excluding hydrogens is 490 g/mol. The van der Waals surface area contributed by atoms with E-state index in [-0.39, 0.29) is 0 Å². The number of hydrogen-bond acceptors (Lipinski definition) is 5. The average molecular weight is 514 g/mol. The maximum Gasteiger partial charge on any atom is 0.128 e. The molecule has 0 saturated carbocycles. The standard InChI is InChI=1S/C32H23N3O2S/c36-31-26-18-22-12-15-25(34-22)28(19-7-3-1-4-8-19)24-14-11-21(33-24)17-23-13-16-27(38-23)29(30(35-26)32(31)37)20-9-5-2-6-10-20/h1-18,31-33,36-37H. The number of aliphatic hydroxyl groups excluding tert-OH is 2. The van der Waals surface area contributed by atoms with Crippen molar-refractivity contribution < 1.29 is 10.2 Å². The van der Waals surface area contributed by atoms with E-state index < -0.39 is 12.2 Å². The fourth-order valence-corrected chi connectivity index (χ4v) is 6.12. The number of thiophene rings is 1. The van der Waals surface area contributed by atoms with Gasteiger partial charge in [-0.1, -0.05) is 60.7 Å². The van der Waals surface area contributed by atoms with Crippen molar-refractivity contribution in [3.8, 4) is 22.3 Å². The van der Waals surface area contributed by atoms with Crippen molar-refractivity contribution in [2.24, 2.45) is 0 Å². The van der Waals surface area contributed by atoms with Gasteiger partial charge >= 0.3 is 0 Å². The fourth-order valence-electron chi connectivity index (χ4n) is 5.08. The van der Waals surface area contributed by atoms with E-state index in [0.717, 1.165) is 48.4 Å². The molecule has 5 heterocycles. The quantitative estimate of drug-likeness (QED) is 0.227. The van der Waals surface area contributed by atoms with E-state index in [1.165, 1.54) is 0 Å². The van der Waals surface area contributed by atoms with Crippen molar-refractivity contribution in [3.63, 3.8) is 0 Å². The topological polar surface area (TPSA) is 82.0 Å². The Balaban J connectivity index is 1.61. The predicted octanol–water partition coefficient (Wildman–Crippen LogP) is 7.32. The van der Waals surface area contributed by atoms with Gasteiger partial charge < -0.3 is 15.2 Å². The van der Waals surface area contributed by atoms with Crippen LogP contribution in [0.1, 0.15) is 35.0 Å². The van der Waals surface area contributed by atoms with Crippen LogP contribution in [0.4, 0.5) is 0 Å². The van der Waals surface area contributed by atoms with Crippen LogP contribution in [0.5, 0.6) is 0 Å². The number of aromatic amines is 1. The molecule has 2 aromatic carbocycles. The van der Waals surface area contributed by atoms with Crippen LogP contribution in [0.2, 0.25) is 0 Å². The molecular formula is C32H23N3O2S. The van der Waals surface area contributed by atoms with Gasteiger partial charge in [-0.25, -0.2) is 4.98 Å². The van der Waals surface area contributed by atoms with Gasteiger partial charge in [0.15, 0.2) is 0 Å². The van der Waals surface area contributed by atoms with Crippen molar-refractivity contribution in [1.29, 1.82) is 0 Å². The first-order valence-electron chi connectivity index (χ1n) is 12.4. The SMILES string of the molecule is OC1c2cc3nc(c(-c4ccccc4)c4ccc(cc5ccc(s5)c(-c5ccccc5)c(n2)C1O)[nH]4)C=C3. The molecule has 3 aromatic heterocycles. The molecule has 0 saturated heterocycles. The molecule has 2 unspecified atom stereocenters. The molecule has 3 N–H and O–H groups in total. The highest BCUT2D eigenvalue weighted by Gasteiger charge is 2.31. The summed E-state index contributed by atoms with van der Waals surface area (Å²) in [5.41, 5.74) is 8.09. The highest BCUT2D eigenvalue weighted by Crippen LogP contribution is 2.41. The summed E-state index contributed by atoms with van der Waals surface area (Å²) in [6.07, 6.45) is 1.60. The van der Waals surface area contributed by atoms with Gasteiger partial charge in [-0.2, -0.15) is 0 Å². The lowest BCUT2D eigenvalue weighted by Crippen LogP contribution is -2.04. The Hall–Kier alpha value is -4.36. The van der Waals surface area contributed by atoms with Crippen molar-refractivity contribution in [2.75, 3.05) is 0 Å². The zero-order valence-electron chi connectivity index (χ0n) is 20.2. The highest BCUT2D eigenvalue weighted by molar-refractivity contribution is 7.23. The predicted molar refractivity (Wildman–Crippen MR) is 154 cm³/mol. The molecule has 38 heavy (non-hydrogen) atoms. The molecule has 0 amide bonds. The van der Waals surface area contributed by atoms with Gasteiger partial charge in [0.05, 0.1) is 22.8 Å². The van der Waals surface area contributed by atoms with Crippen LogP contribution in [0.25, 0.3) is 54.8 Å². The number of fused-ring (bicyclic) bond motifs is 8. The highest BCUT2D eigenvalue weighted by atomic mass is 32.1. The van der Waals surface area contributed by atoms with Gasteiger partial charge in [0.25, 0.3) is 0 Å². The average Bonchev–Trinajstić information content (AvgIpc) is 3.74. The molecule has 2 aliphatic heterocycles. The van der Waals surface area contributed by atoms with Gasteiger partial charge in [-0.05, 0) is 59.7 Å². The number of aliphatic hydroxyl groups is 2. The summed E-state index contributed by atoms with van der Waals surface area (Å²) in [5, 5.41) is 22.2. The largest absolute Gasteiger partial charge is 0.384 e. The summed E-state index contributed by atoms with van der Waals surface area (Å²) in [6.45, 7) is 0. The molecule has 7 rings (SSSR count). The van der Waals surface area contributed by atoms with Crippen molar-refractivity contribution in [1.82, 2.24) is 15.0 Å². The smallest absolute Gasteiger partial charge is 0.128 e. The van der Waals surface area contributed by atoms with Gasteiger partial charge in [0, 0.05) is 31.6 Å². The lowest BCUT2D eigenvalue weighted by atomic mass is 10.0. The molecule has 2 aliphatic rings. The normalized spacial score (nSPS) is 16.6. The van der Waals surface area contributed by atoms with E-state index in [4.69, 9.17) is 9.97 Å². The first-order chi connectivity index (χ1) is 18.6. The van der Waals surface area contributed by atoms with Crippen molar-refractivity contribution in [2.45, 2.75) is 12.2 Å². The van der Waals surface area contributed by atoms with Crippen LogP contribution in [0, 0.1) is 0 Å². The summed E-state index contributed by atoms with van der Waals surface area (Å²) in [6, 6.07) is 32.2. The molecule has 0 fully saturated rings. The monoisotopic (exact) mass is 513 g/mol. The Morgan fingerprint density at radius 1 is 0.684 bits per heavy atom. The lowest BCUT2D eigenvalue weighted by Gasteiger charge is -2.11. The molecule has 0 spiro atoms. The van der Waals surface area contributed by atoms with Crippen LogP contribution in [0.15, 0.2) is 97.1 Å². The molecule has 184 valence electrons. The summed E-state index contributed by atoms with van der Waals surface area (Å²) in [5.74, 6) is 0. The first kappa shape index (κ1) is 22.8. The Labute approximate surface area is 223 Å². The van der Waals surface area contributed by atoms with Crippen LogP contribution >= 0.6 is 11.3 Å². The number of H-pyrrole nitrogens is 1. The fraction of sp³-hybridized carbons (Fsp3) is 0.0625. The van der Waals surface area contributed by atoms with E-state index in [0.29, 0.717) is 17.1 Å². The van der Waals surface area contributed by atoms with Gasteiger partial charge in [-0.3, -0.25) is 4.98 Å². The van der Waals surface area contributed by atoms with Crippen LogP contribution in [0.3, 0.4) is 0 Å². The molecule has 0 radical (unpaired) electrons. The minimum Gasteiger partial charge on any atom is -0.384 e. The lowest BCUT2D eigenvalue weighted by molar-refractivity contribution is 0.0256. The zero-order chi connectivity index (χ0) is 25.6. The van der Waals surface area contributed by atoms with Gasteiger partial charge in [-0.15, -0.1) is 11.3 Å². The summed E-state index contributed by atoms with van der Waals surface area (Å²) < 4.78 is 2.03. The second-order valence-corrected chi connectivity index (χ2v) is 10.5. The zero-order valence-corrected chi connectivity index (χ0v) is 21.1. The molecule has 6 heteroatoms. The molecule has 5 aromatic rings. The Morgan fingerprint density at radius 2 is 1.42 bits per heavy atom. The number of nitrogens with one attached hydrogen (secondary N) is 1. The summed E-state index contributed by atoms with van der Waals surface area (Å²) in [7, 11) is 0. The Morgan fingerprint density at radius 3 is 2.18 bits per heavy atom. The molecule has 5 nitrogen and oxygen atoms in total. The maximum absolute atomic E-state index is 11.2. The number of nitrogens with zero attached hydrogens (tertiary/aromatic N) is 2. The maximum atomic E-state index is 11.2. The summed E-state index contributed by atoms with van der Waals surface area (Å²) >= 11 is 1.62. The third-order valence-corrected chi connectivity index (χ3v) is 7.92. The summed E-state index contributed by atoms with van der Waals surface area (Å²) in [4.78, 5) is 13.2. The van der Waals surface area contributed by atoms with Crippen LogP contribution < -0.4 is 0 Å². The third kappa shape index (κ3) is 3.96. The minimum absolute atomic E-state index is 0.393. The van der Waals surface area contributed by atoms with Crippen LogP contribution in [-0.4, -0.2) is 25.2 Å². The van der Waals surface area contributed by atoms with E-state index in [1.54, 1.807) is 17.4 Å². The number of hydrogen-bond donors (Lipinski definition) is 3. The molecule has 0 aliphatic carbocycles. The van der Waals surface area contributed by atoms with Gasteiger partial charge in [0.1, 0.15) is 12.2 Å². The van der Waals surface area contributed by atoms with E-state index >= 15 is 0 Å². The Kier molecular flexibility index (Phi) is 5.51. The molecule has 8 bridgehead atoms. The molecule has 2 atom stereocenters.